The largest absolute Gasteiger partial charge is 0.399 e. The topological polar surface area (TPSA) is 55.6 Å². The van der Waals surface area contributed by atoms with Crippen LogP contribution in [-0.4, -0.2) is 37.6 Å². The van der Waals surface area contributed by atoms with E-state index >= 15 is 0 Å². The number of nitrogens with two attached hydrogens (primary N) is 1. The van der Waals surface area contributed by atoms with Crippen molar-refractivity contribution >= 4 is 11.6 Å². The van der Waals surface area contributed by atoms with Gasteiger partial charge >= 0.3 is 0 Å². The lowest BCUT2D eigenvalue weighted by atomic mass is 10.1. The van der Waals surface area contributed by atoms with E-state index in [-0.39, 0.29) is 5.91 Å². The van der Waals surface area contributed by atoms with Gasteiger partial charge in [-0.15, -0.1) is 0 Å². The number of rotatable bonds is 8. The maximum atomic E-state index is 12.3. The number of amides is 1. The Morgan fingerprint density at radius 2 is 2.05 bits per heavy atom. The van der Waals surface area contributed by atoms with E-state index in [9.17, 15) is 4.79 Å². The molecule has 0 saturated carbocycles. The van der Waals surface area contributed by atoms with Gasteiger partial charge in [-0.05, 0) is 24.0 Å². The third kappa shape index (κ3) is 5.61. The average molecular weight is 278 g/mol. The van der Waals surface area contributed by atoms with Crippen molar-refractivity contribution < 1.29 is 9.53 Å². The Hall–Kier alpha value is -1.55. The van der Waals surface area contributed by atoms with Crippen molar-refractivity contribution in [2.45, 2.75) is 26.7 Å². The molecule has 0 aliphatic heterocycles. The van der Waals surface area contributed by atoms with Crippen molar-refractivity contribution in [2.75, 3.05) is 32.5 Å². The SMILES string of the molecule is COCCN(CC(C)C)C(=O)CCc1ccccc1N. The molecule has 0 bridgehead atoms. The fourth-order valence-electron chi connectivity index (χ4n) is 2.12. The fourth-order valence-corrected chi connectivity index (χ4v) is 2.12. The van der Waals surface area contributed by atoms with Crippen LogP contribution in [0.4, 0.5) is 5.69 Å². The van der Waals surface area contributed by atoms with E-state index < -0.39 is 0 Å². The highest BCUT2D eigenvalue weighted by Crippen LogP contribution is 2.13. The van der Waals surface area contributed by atoms with Crippen molar-refractivity contribution in [3.8, 4) is 0 Å². The van der Waals surface area contributed by atoms with Crippen LogP contribution < -0.4 is 5.73 Å². The molecule has 0 aliphatic carbocycles. The van der Waals surface area contributed by atoms with Gasteiger partial charge in [0.2, 0.25) is 5.91 Å². The van der Waals surface area contributed by atoms with Gasteiger partial charge < -0.3 is 15.4 Å². The molecule has 4 nitrogen and oxygen atoms in total. The van der Waals surface area contributed by atoms with Gasteiger partial charge in [0.1, 0.15) is 0 Å². The molecule has 1 amide bonds. The Bertz CT molecular complexity index is 419. The highest BCUT2D eigenvalue weighted by atomic mass is 16.5. The monoisotopic (exact) mass is 278 g/mol. The Kier molecular flexibility index (Phi) is 7.09. The molecule has 2 N–H and O–H groups in total. The minimum absolute atomic E-state index is 0.166. The number of hydrogen-bond acceptors (Lipinski definition) is 3. The van der Waals surface area contributed by atoms with Gasteiger partial charge in [0.15, 0.2) is 0 Å². The summed E-state index contributed by atoms with van der Waals surface area (Å²) < 4.78 is 5.07. The van der Waals surface area contributed by atoms with Crippen LogP contribution in [-0.2, 0) is 16.0 Å². The van der Waals surface area contributed by atoms with E-state index in [1.807, 2.05) is 29.2 Å². The van der Waals surface area contributed by atoms with Crippen LogP contribution in [0, 0.1) is 5.92 Å². The van der Waals surface area contributed by atoms with E-state index in [2.05, 4.69) is 13.8 Å². The Labute approximate surface area is 121 Å². The lowest BCUT2D eigenvalue weighted by Crippen LogP contribution is -2.36. The molecule has 112 valence electrons. The lowest BCUT2D eigenvalue weighted by molar-refractivity contribution is -0.132. The smallest absolute Gasteiger partial charge is 0.222 e. The minimum Gasteiger partial charge on any atom is -0.399 e. The maximum Gasteiger partial charge on any atom is 0.222 e. The molecule has 0 unspecified atom stereocenters. The second-order valence-electron chi connectivity index (χ2n) is 5.43. The molecule has 4 heteroatoms. The Balaban J connectivity index is 2.54. The zero-order valence-electron chi connectivity index (χ0n) is 12.8. The highest BCUT2D eigenvalue weighted by Gasteiger charge is 2.14. The van der Waals surface area contributed by atoms with Crippen molar-refractivity contribution in [1.29, 1.82) is 0 Å². The molecule has 1 aromatic carbocycles. The number of benzene rings is 1. The standard InChI is InChI=1S/C16H26N2O2/c1-13(2)12-18(10-11-20-3)16(19)9-8-14-6-4-5-7-15(14)17/h4-7,13H,8-12,17H2,1-3H3. The Morgan fingerprint density at radius 1 is 1.35 bits per heavy atom. The molecule has 0 spiro atoms. The number of nitrogen functional groups attached to an aromatic ring is 1. The van der Waals surface area contributed by atoms with E-state index in [4.69, 9.17) is 10.5 Å². The van der Waals surface area contributed by atoms with Crippen molar-refractivity contribution in [3.63, 3.8) is 0 Å². The van der Waals surface area contributed by atoms with Crippen LogP contribution >= 0.6 is 0 Å². The average Bonchev–Trinajstić information content (AvgIpc) is 2.41. The number of carbonyl (C=O) groups excluding carboxylic acids is 1. The van der Waals surface area contributed by atoms with E-state index in [1.165, 1.54) is 0 Å². The molecular weight excluding hydrogens is 252 g/mol. The highest BCUT2D eigenvalue weighted by molar-refractivity contribution is 5.76. The number of anilines is 1. The van der Waals surface area contributed by atoms with Crippen LogP contribution in [0.3, 0.4) is 0 Å². The van der Waals surface area contributed by atoms with Gasteiger partial charge in [0, 0.05) is 32.3 Å². The third-order valence-electron chi connectivity index (χ3n) is 3.17. The summed E-state index contributed by atoms with van der Waals surface area (Å²) in [5.41, 5.74) is 7.69. The van der Waals surface area contributed by atoms with Crippen LogP contribution in [0.1, 0.15) is 25.8 Å². The first-order chi connectivity index (χ1) is 9.54. The van der Waals surface area contributed by atoms with Gasteiger partial charge in [-0.1, -0.05) is 32.0 Å². The predicted molar refractivity (Wildman–Crippen MR) is 82.5 cm³/mol. The molecule has 0 fully saturated rings. The minimum atomic E-state index is 0.166. The van der Waals surface area contributed by atoms with Crippen LogP contribution in [0.2, 0.25) is 0 Å². The van der Waals surface area contributed by atoms with Crippen LogP contribution in [0.25, 0.3) is 0 Å². The van der Waals surface area contributed by atoms with E-state index in [1.54, 1.807) is 7.11 Å². The first-order valence-corrected chi connectivity index (χ1v) is 7.14. The summed E-state index contributed by atoms with van der Waals surface area (Å²) in [6.45, 7) is 6.22. The first kappa shape index (κ1) is 16.5. The van der Waals surface area contributed by atoms with E-state index in [0.717, 1.165) is 17.8 Å². The molecule has 0 heterocycles. The molecule has 20 heavy (non-hydrogen) atoms. The summed E-state index contributed by atoms with van der Waals surface area (Å²) in [6.07, 6.45) is 1.18. The first-order valence-electron chi connectivity index (χ1n) is 7.14. The molecular formula is C16H26N2O2. The molecule has 0 aliphatic rings. The summed E-state index contributed by atoms with van der Waals surface area (Å²) in [7, 11) is 1.66. The number of para-hydroxylation sites is 1. The van der Waals surface area contributed by atoms with Crippen LogP contribution in [0.15, 0.2) is 24.3 Å². The Morgan fingerprint density at radius 3 is 2.65 bits per heavy atom. The molecule has 1 rings (SSSR count). The van der Waals surface area contributed by atoms with Gasteiger partial charge in [0.05, 0.1) is 6.61 Å². The van der Waals surface area contributed by atoms with Crippen molar-refractivity contribution in [1.82, 2.24) is 4.90 Å². The molecule has 0 aromatic heterocycles. The zero-order chi connectivity index (χ0) is 15.0. The van der Waals surface area contributed by atoms with Crippen molar-refractivity contribution in [2.24, 2.45) is 5.92 Å². The van der Waals surface area contributed by atoms with Gasteiger partial charge in [0.25, 0.3) is 0 Å². The predicted octanol–water partition coefficient (Wildman–Crippen LogP) is 2.33. The summed E-state index contributed by atoms with van der Waals surface area (Å²) in [5.74, 6) is 0.622. The van der Waals surface area contributed by atoms with Crippen molar-refractivity contribution in [3.05, 3.63) is 29.8 Å². The number of ether oxygens (including phenoxy) is 1. The maximum absolute atomic E-state index is 12.3. The van der Waals surface area contributed by atoms with Gasteiger partial charge in [-0.3, -0.25) is 4.79 Å². The normalized spacial score (nSPS) is 10.8. The second kappa shape index (κ2) is 8.59. The van der Waals surface area contributed by atoms with E-state index in [0.29, 0.717) is 31.9 Å². The van der Waals surface area contributed by atoms with Gasteiger partial charge in [-0.2, -0.15) is 0 Å². The number of methoxy groups -OCH3 is 1. The molecule has 0 atom stereocenters. The summed E-state index contributed by atoms with van der Waals surface area (Å²) >= 11 is 0. The summed E-state index contributed by atoms with van der Waals surface area (Å²) in [4.78, 5) is 14.2. The number of nitrogens with zero attached hydrogens (tertiary/aromatic N) is 1. The summed E-state index contributed by atoms with van der Waals surface area (Å²) in [6, 6.07) is 7.71. The summed E-state index contributed by atoms with van der Waals surface area (Å²) in [5, 5.41) is 0. The second-order valence-corrected chi connectivity index (χ2v) is 5.43. The third-order valence-corrected chi connectivity index (χ3v) is 3.17. The van der Waals surface area contributed by atoms with Gasteiger partial charge in [-0.25, -0.2) is 0 Å². The number of carbonyl (C=O) groups is 1. The number of aryl methyl sites for hydroxylation is 1. The zero-order valence-corrected chi connectivity index (χ0v) is 12.8. The molecule has 1 aromatic rings. The number of hydrogen-bond donors (Lipinski definition) is 1. The van der Waals surface area contributed by atoms with Crippen LogP contribution in [0.5, 0.6) is 0 Å². The molecule has 0 saturated heterocycles. The molecule has 0 radical (unpaired) electrons. The fraction of sp³-hybridized carbons (Fsp3) is 0.562. The quantitative estimate of drug-likeness (QED) is 0.743. The lowest BCUT2D eigenvalue weighted by Gasteiger charge is -2.24.